The fraction of sp³-hybridized carbons (Fsp3) is 0.308. The molecular weight excluding hydrogens is 272 g/mol. The van der Waals surface area contributed by atoms with Gasteiger partial charge in [0, 0.05) is 18.7 Å². The zero-order valence-corrected chi connectivity index (χ0v) is 11.5. The number of amides is 2. The van der Waals surface area contributed by atoms with Crippen molar-refractivity contribution >= 4 is 11.8 Å². The molecule has 0 bridgehead atoms. The summed E-state index contributed by atoms with van der Waals surface area (Å²) in [6, 6.07) is 5.33. The molecule has 21 heavy (non-hydrogen) atoms. The summed E-state index contributed by atoms with van der Waals surface area (Å²) in [5.41, 5.74) is 2.21. The van der Waals surface area contributed by atoms with Crippen LogP contribution in [0.25, 0.3) is 5.69 Å². The summed E-state index contributed by atoms with van der Waals surface area (Å²) in [6.07, 6.45) is 1.48. The lowest BCUT2D eigenvalue weighted by molar-refractivity contribution is -0.123. The molecule has 0 saturated carbocycles. The summed E-state index contributed by atoms with van der Waals surface area (Å²) in [5, 5.41) is 13.7. The Labute approximate surface area is 120 Å². The quantitative estimate of drug-likeness (QED) is 0.806. The maximum atomic E-state index is 12.5. The Hall–Kier alpha value is -2.77. The van der Waals surface area contributed by atoms with Crippen molar-refractivity contribution in [3.8, 4) is 5.69 Å². The standard InChI is InChI=1S/C13H14N6O2/c1-9-2-3-10(6-11(9)19-8-15-16-17-19)13(21)18-5-4-14-12(20)7-18/h2-3,6,8H,4-5,7H2,1H3,(H,14,20). The fourth-order valence-electron chi connectivity index (χ4n) is 2.26. The minimum atomic E-state index is -0.167. The van der Waals surface area contributed by atoms with E-state index in [1.54, 1.807) is 12.1 Å². The monoisotopic (exact) mass is 286 g/mol. The lowest BCUT2D eigenvalue weighted by Crippen LogP contribution is -2.49. The molecule has 108 valence electrons. The van der Waals surface area contributed by atoms with Crippen LogP contribution in [0.15, 0.2) is 24.5 Å². The highest BCUT2D eigenvalue weighted by Gasteiger charge is 2.22. The van der Waals surface area contributed by atoms with Crippen LogP contribution in [-0.2, 0) is 4.79 Å². The smallest absolute Gasteiger partial charge is 0.254 e. The second-order valence-corrected chi connectivity index (χ2v) is 4.83. The Morgan fingerprint density at radius 2 is 2.24 bits per heavy atom. The second kappa shape index (κ2) is 5.31. The lowest BCUT2D eigenvalue weighted by atomic mass is 10.1. The molecule has 3 rings (SSSR count). The molecule has 1 N–H and O–H groups in total. The van der Waals surface area contributed by atoms with Crippen molar-refractivity contribution in [1.82, 2.24) is 30.4 Å². The van der Waals surface area contributed by atoms with E-state index in [1.807, 2.05) is 13.0 Å². The highest BCUT2D eigenvalue weighted by Crippen LogP contribution is 2.16. The number of benzene rings is 1. The second-order valence-electron chi connectivity index (χ2n) is 4.83. The van der Waals surface area contributed by atoms with E-state index in [0.29, 0.717) is 18.7 Å². The van der Waals surface area contributed by atoms with E-state index in [1.165, 1.54) is 15.9 Å². The summed E-state index contributed by atoms with van der Waals surface area (Å²) in [4.78, 5) is 25.4. The first-order valence-corrected chi connectivity index (χ1v) is 6.55. The molecule has 1 fully saturated rings. The molecule has 2 heterocycles. The van der Waals surface area contributed by atoms with Gasteiger partial charge in [-0.25, -0.2) is 4.68 Å². The van der Waals surface area contributed by atoms with E-state index in [2.05, 4.69) is 20.8 Å². The zero-order valence-electron chi connectivity index (χ0n) is 11.5. The van der Waals surface area contributed by atoms with E-state index in [-0.39, 0.29) is 18.4 Å². The summed E-state index contributed by atoms with van der Waals surface area (Å²) in [7, 11) is 0. The number of carbonyl (C=O) groups is 2. The van der Waals surface area contributed by atoms with Gasteiger partial charge in [-0.1, -0.05) is 6.07 Å². The molecule has 1 aliphatic heterocycles. The number of aryl methyl sites for hydroxylation is 1. The van der Waals surface area contributed by atoms with Gasteiger partial charge >= 0.3 is 0 Å². The topological polar surface area (TPSA) is 93.0 Å². The molecule has 0 radical (unpaired) electrons. The van der Waals surface area contributed by atoms with Crippen LogP contribution in [0.4, 0.5) is 0 Å². The predicted molar refractivity (Wildman–Crippen MR) is 72.8 cm³/mol. The van der Waals surface area contributed by atoms with Crippen molar-refractivity contribution < 1.29 is 9.59 Å². The summed E-state index contributed by atoms with van der Waals surface area (Å²) in [5.74, 6) is -0.304. The van der Waals surface area contributed by atoms with Crippen LogP contribution in [0.1, 0.15) is 15.9 Å². The average Bonchev–Trinajstić information content (AvgIpc) is 3.01. The molecular formula is C13H14N6O2. The van der Waals surface area contributed by atoms with Gasteiger partial charge in [0.1, 0.15) is 6.33 Å². The molecule has 2 amide bonds. The van der Waals surface area contributed by atoms with E-state index < -0.39 is 0 Å². The van der Waals surface area contributed by atoms with Crippen molar-refractivity contribution in [2.75, 3.05) is 19.6 Å². The van der Waals surface area contributed by atoms with Crippen LogP contribution in [0.3, 0.4) is 0 Å². The minimum absolute atomic E-state index is 0.0902. The average molecular weight is 286 g/mol. The molecule has 1 aromatic carbocycles. The highest BCUT2D eigenvalue weighted by atomic mass is 16.2. The zero-order chi connectivity index (χ0) is 14.8. The third kappa shape index (κ3) is 2.60. The Bertz CT molecular complexity index is 682. The van der Waals surface area contributed by atoms with E-state index >= 15 is 0 Å². The van der Waals surface area contributed by atoms with Crippen LogP contribution in [0, 0.1) is 6.92 Å². The first-order valence-electron chi connectivity index (χ1n) is 6.55. The summed E-state index contributed by atoms with van der Waals surface area (Å²) in [6.45, 7) is 3.00. The van der Waals surface area contributed by atoms with Gasteiger partial charge in [0.2, 0.25) is 5.91 Å². The Morgan fingerprint density at radius 3 is 2.95 bits per heavy atom. The molecule has 8 heteroatoms. The van der Waals surface area contributed by atoms with Crippen LogP contribution < -0.4 is 5.32 Å². The van der Waals surface area contributed by atoms with Gasteiger partial charge in [0.15, 0.2) is 0 Å². The molecule has 0 spiro atoms. The van der Waals surface area contributed by atoms with Gasteiger partial charge in [-0.15, -0.1) is 5.10 Å². The number of rotatable bonds is 2. The summed E-state index contributed by atoms with van der Waals surface area (Å²) < 4.78 is 1.51. The number of carbonyl (C=O) groups excluding carboxylic acids is 2. The van der Waals surface area contributed by atoms with Gasteiger partial charge in [0.05, 0.1) is 12.2 Å². The largest absolute Gasteiger partial charge is 0.353 e. The predicted octanol–water partition coefficient (Wildman–Crippen LogP) is -0.457. The molecule has 1 saturated heterocycles. The SMILES string of the molecule is Cc1ccc(C(=O)N2CCNC(=O)C2)cc1-n1cnnn1. The van der Waals surface area contributed by atoms with Crippen LogP contribution in [0.2, 0.25) is 0 Å². The molecule has 2 aromatic rings. The third-order valence-electron chi connectivity index (χ3n) is 3.38. The maximum absolute atomic E-state index is 12.5. The molecule has 0 atom stereocenters. The van der Waals surface area contributed by atoms with E-state index in [0.717, 1.165) is 11.3 Å². The molecule has 1 aliphatic rings. The fourth-order valence-corrected chi connectivity index (χ4v) is 2.26. The number of hydrogen-bond acceptors (Lipinski definition) is 5. The molecule has 0 aliphatic carbocycles. The van der Waals surface area contributed by atoms with Crippen LogP contribution in [-0.4, -0.2) is 56.6 Å². The Balaban J connectivity index is 1.90. The number of aromatic nitrogens is 4. The number of tetrazole rings is 1. The van der Waals surface area contributed by atoms with Gasteiger partial charge in [-0.3, -0.25) is 9.59 Å². The molecule has 1 aromatic heterocycles. The first-order chi connectivity index (χ1) is 10.1. The van der Waals surface area contributed by atoms with E-state index in [4.69, 9.17) is 0 Å². The Morgan fingerprint density at radius 1 is 1.38 bits per heavy atom. The van der Waals surface area contributed by atoms with Crippen LogP contribution in [0.5, 0.6) is 0 Å². The van der Waals surface area contributed by atoms with Crippen molar-refractivity contribution in [3.63, 3.8) is 0 Å². The first kappa shape index (κ1) is 13.2. The van der Waals surface area contributed by atoms with Crippen molar-refractivity contribution in [2.45, 2.75) is 6.92 Å². The normalized spacial score (nSPS) is 14.9. The van der Waals surface area contributed by atoms with E-state index in [9.17, 15) is 9.59 Å². The summed E-state index contributed by atoms with van der Waals surface area (Å²) >= 11 is 0. The van der Waals surface area contributed by atoms with Crippen LogP contribution >= 0.6 is 0 Å². The van der Waals surface area contributed by atoms with Crippen molar-refractivity contribution in [2.24, 2.45) is 0 Å². The molecule has 0 unspecified atom stereocenters. The highest BCUT2D eigenvalue weighted by molar-refractivity contribution is 5.97. The van der Waals surface area contributed by atoms with Crippen molar-refractivity contribution in [3.05, 3.63) is 35.7 Å². The molecule has 8 nitrogen and oxygen atoms in total. The number of nitrogens with zero attached hydrogens (tertiary/aromatic N) is 5. The van der Waals surface area contributed by atoms with Gasteiger partial charge in [0.25, 0.3) is 5.91 Å². The maximum Gasteiger partial charge on any atom is 0.254 e. The van der Waals surface area contributed by atoms with Gasteiger partial charge in [-0.05, 0) is 35.0 Å². The van der Waals surface area contributed by atoms with Gasteiger partial charge in [-0.2, -0.15) is 0 Å². The Kier molecular flexibility index (Phi) is 3.35. The van der Waals surface area contributed by atoms with Crippen molar-refractivity contribution in [1.29, 1.82) is 0 Å². The number of nitrogens with one attached hydrogen (secondary N) is 1. The lowest BCUT2D eigenvalue weighted by Gasteiger charge is -2.26. The van der Waals surface area contributed by atoms with Gasteiger partial charge < -0.3 is 10.2 Å². The number of piperazine rings is 1. The number of hydrogen-bond donors (Lipinski definition) is 1. The minimum Gasteiger partial charge on any atom is -0.353 e. The third-order valence-corrected chi connectivity index (χ3v) is 3.38.